The van der Waals surface area contributed by atoms with Gasteiger partial charge in [-0.2, -0.15) is 0 Å². The number of hydrogen-bond donors (Lipinski definition) is 2. The second-order valence-electron chi connectivity index (χ2n) is 9.61. The molecule has 0 aliphatic carbocycles. The molecule has 0 bridgehead atoms. The van der Waals surface area contributed by atoms with Gasteiger partial charge < -0.3 is 24.2 Å². The first-order chi connectivity index (χ1) is 17.1. The van der Waals surface area contributed by atoms with E-state index in [0.29, 0.717) is 31.3 Å². The monoisotopic (exact) mass is 488 g/mol. The number of aromatic hydroxyl groups is 1. The summed E-state index contributed by atoms with van der Waals surface area (Å²) < 4.78 is 17.0. The van der Waals surface area contributed by atoms with Crippen molar-refractivity contribution in [2.45, 2.75) is 53.2 Å². The summed E-state index contributed by atoms with van der Waals surface area (Å²) in [6, 6.07) is 17.2. The lowest BCUT2D eigenvalue weighted by Gasteiger charge is -2.19. The first-order valence-corrected chi connectivity index (χ1v) is 11.9. The van der Waals surface area contributed by atoms with Crippen molar-refractivity contribution in [1.82, 2.24) is 10.1 Å². The van der Waals surface area contributed by atoms with Crippen molar-refractivity contribution in [1.29, 1.82) is 0 Å². The number of aryl methyl sites for hydroxylation is 2. The maximum absolute atomic E-state index is 9.92. The number of hydrogen-bond acceptors (Lipinski definition) is 7. The van der Waals surface area contributed by atoms with Crippen molar-refractivity contribution in [2.75, 3.05) is 6.61 Å². The maximum Gasteiger partial charge on any atom is 0.252 e. The molecule has 36 heavy (non-hydrogen) atoms. The van der Waals surface area contributed by atoms with Gasteiger partial charge in [0.05, 0.1) is 12.2 Å². The van der Waals surface area contributed by atoms with Gasteiger partial charge in [-0.3, -0.25) is 0 Å². The van der Waals surface area contributed by atoms with Gasteiger partial charge in [0.25, 0.3) is 5.88 Å². The van der Waals surface area contributed by atoms with Crippen LogP contribution in [0.25, 0.3) is 22.5 Å². The Labute approximate surface area is 211 Å². The fourth-order valence-corrected chi connectivity index (χ4v) is 3.91. The minimum Gasteiger partial charge on any atom is -0.491 e. The lowest BCUT2D eigenvalue weighted by Crippen LogP contribution is -2.22. The molecule has 0 spiro atoms. The third kappa shape index (κ3) is 6.04. The van der Waals surface area contributed by atoms with Gasteiger partial charge in [0.2, 0.25) is 5.88 Å². The summed E-state index contributed by atoms with van der Waals surface area (Å²) in [6.07, 6.45) is 0.530. The Balaban J connectivity index is 1.47. The molecule has 0 atom stereocenters. The second-order valence-corrected chi connectivity index (χ2v) is 9.61. The Kier molecular flexibility index (Phi) is 7.31. The highest BCUT2D eigenvalue weighted by molar-refractivity contribution is 5.71. The fourth-order valence-electron chi connectivity index (χ4n) is 3.91. The second kappa shape index (κ2) is 10.4. The zero-order valence-corrected chi connectivity index (χ0v) is 21.3. The standard InChI is InChI=1S/C29H32N2O5/c1-18-15-25(20(3)30-28(18)34-14-13-29(4,5)33)24-8-6-7-22(19(24)2)17-35-23-11-9-21(10-12-23)26-16-27(32)31-36-26/h6-12,15-16,33H,13-14,17H2,1-5H3,(H,31,32). The normalized spacial score (nSPS) is 11.5. The average molecular weight is 489 g/mol. The number of pyridine rings is 1. The molecule has 7 heteroatoms. The third-order valence-electron chi connectivity index (χ3n) is 6.08. The summed E-state index contributed by atoms with van der Waals surface area (Å²) in [5.41, 5.74) is 6.24. The highest BCUT2D eigenvalue weighted by Gasteiger charge is 2.16. The molecule has 0 unspecified atom stereocenters. The topological polar surface area (TPSA) is 97.8 Å². The molecule has 0 fully saturated rings. The molecule has 0 saturated carbocycles. The number of nitrogens with zero attached hydrogens (tertiary/aromatic N) is 2. The summed E-state index contributed by atoms with van der Waals surface area (Å²) in [5, 5.41) is 22.8. The molecule has 0 saturated heterocycles. The van der Waals surface area contributed by atoms with E-state index < -0.39 is 5.60 Å². The minimum absolute atomic E-state index is 0.144. The number of aromatic nitrogens is 2. The van der Waals surface area contributed by atoms with Crippen LogP contribution < -0.4 is 9.47 Å². The van der Waals surface area contributed by atoms with E-state index in [1.165, 1.54) is 6.07 Å². The smallest absolute Gasteiger partial charge is 0.252 e. The van der Waals surface area contributed by atoms with Crippen LogP contribution in [0.3, 0.4) is 0 Å². The summed E-state index contributed by atoms with van der Waals surface area (Å²) in [6.45, 7) is 10.4. The lowest BCUT2D eigenvalue weighted by molar-refractivity contribution is 0.0545. The SMILES string of the molecule is Cc1cc(-c2cccc(COc3ccc(-c4cc(O)no4)cc3)c2C)c(C)nc1OCCC(C)(C)O. The maximum atomic E-state index is 9.92. The van der Waals surface area contributed by atoms with Crippen LogP contribution in [0.5, 0.6) is 17.5 Å². The Morgan fingerprint density at radius 3 is 2.36 bits per heavy atom. The van der Waals surface area contributed by atoms with Crippen molar-refractivity contribution in [3.05, 3.63) is 77.0 Å². The van der Waals surface area contributed by atoms with Crippen LogP contribution in [0.4, 0.5) is 0 Å². The molecule has 0 amide bonds. The van der Waals surface area contributed by atoms with Crippen LogP contribution in [-0.4, -0.2) is 32.6 Å². The van der Waals surface area contributed by atoms with E-state index in [1.54, 1.807) is 13.8 Å². The predicted octanol–water partition coefficient (Wildman–Crippen LogP) is 6.15. The van der Waals surface area contributed by atoms with E-state index in [-0.39, 0.29) is 5.88 Å². The Morgan fingerprint density at radius 2 is 1.69 bits per heavy atom. The van der Waals surface area contributed by atoms with Gasteiger partial charge in [0.15, 0.2) is 5.76 Å². The van der Waals surface area contributed by atoms with Gasteiger partial charge >= 0.3 is 0 Å². The van der Waals surface area contributed by atoms with Crippen LogP contribution in [0.2, 0.25) is 0 Å². The van der Waals surface area contributed by atoms with E-state index in [0.717, 1.165) is 44.8 Å². The van der Waals surface area contributed by atoms with Gasteiger partial charge in [0, 0.05) is 34.9 Å². The third-order valence-corrected chi connectivity index (χ3v) is 6.08. The summed E-state index contributed by atoms with van der Waals surface area (Å²) in [5.74, 6) is 1.68. The van der Waals surface area contributed by atoms with Gasteiger partial charge in [0.1, 0.15) is 12.4 Å². The molecule has 2 aromatic heterocycles. The summed E-state index contributed by atoms with van der Waals surface area (Å²) >= 11 is 0. The molecule has 0 aliphatic heterocycles. The molecule has 0 radical (unpaired) electrons. The molecule has 188 valence electrons. The Morgan fingerprint density at radius 1 is 0.944 bits per heavy atom. The zero-order valence-electron chi connectivity index (χ0n) is 21.3. The number of ether oxygens (including phenoxy) is 2. The molecule has 2 aromatic carbocycles. The van der Waals surface area contributed by atoms with Crippen molar-refractivity contribution < 1.29 is 24.2 Å². The van der Waals surface area contributed by atoms with Crippen molar-refractivity contribution in [3.8, 4) is 40.0 Å². The number of rotatable bonds is 9. The van der Waals surface area contributed by atoms with Crippen molar-refractivity contribution >= 4 is 0 Å². The van der Waals surface area contributed by atoms with Gasteiger partial charge in [-0.25, -0.2) is 4.98 Å². The van der Waals surface area contributed by atoms with E-state index in [2.05, 4.69) is 30.3 Å². The fraction of sp³-hybridized carbons (Fsp3) is 0.310. The highest BCUT2D eigenvalue weighted by Crippen LogP contribution is 2.32. The molecular formula is C29H32N2O5. The quantitative estimate of drug-likeness (QED) is 0.291. The molecule has 2 N–H and O–H groups in total. The van der Waals surface area contributed by atoms with Crippen LogP contribution in [-0.2, 0) is 6.61 Å². The van der Waals surface area contributed by atoms with E-state index >= 15 is 0 Å². The van der Waals surface area contributed by atoms with Crippen LogP contribution in [0, 0.1) is 20.8 Å². The van der Waals surface area contributed by atoms with E-state index in [4.69, 9.17) is 19.0 Å². The molecular weight excluding hydrogens is 456 g/mol. The van der Waals surface area contributed by atoms with Crippen molar-refractivity contribution in [3.63, 3.8) is 0 Å². The van der Waals surface area contributed by atoms with Gasteiger partial charge in [-0.05, 0) is 86.8 Å². The predicted molar refractivity (Wildman–Crippen MR) is 138 cm³/mol. The minimum atomic E-state index is -0.772. The largest absolute Gasteiger partial charge is 0.491 e. The van der Waals surface area contributed by atoms with Crippen LogP contribution in [0.15, 0.2) is 59.1 Å². The van der Waals surface area contributed by atoms with Crippen molar-refractivity contribution in [2.24, 2.45) is 0 Å². The van der Waals surface area contributed by atoms with Gasteiger partial charge in [-0.15, -0.1) is 0 Å². The summed E-state index contributed by atoms with van der Waals surface area (Å²) in [7, 11) is 0. The number of aliphatic hydroxyl groups is 1. The molecule has 4 rings (SSSR count). The van der Waals surface area contributed by atoms with E-state index in [9.17, 15) is 10.2 Å². The lowest BCUT2D eigenvalue weighted by atomic mass is 9.95. The van der Waals surface area contributed by atoms with Crippen LogP contribution in [0.1, 0.15) is 42.7 Å². The van der Waals surface area contributed by atoms with Gasteiger partial charge in [-0.1, -0.05) is 18.2 Å². The molecule has 0 aliphatic rings. The first-order valence-electron chi connectivity index (χ1n) is 11.9. The zero-order chi connectivity index (χ0) is 25.9. The summed E-state index contributed by atoms with van der Waals surface area (Å²) in [4.78, 5) is 4.70. The van der Waals surface area contributed by atoms with Crippen LogP contribution >= 0.6 is 0 Å². The Bertz CT molecular complexity index is 1340. The average Bonchev–Trinajstić information content (AvgIpc) is 3.26. The Hall–Kier alpha value is -3.84. The molecule has 2 heterocycles. The van der Waals surface area contributed by atoms with E-state index in [1.807, 2.05) is 44.2 Å². The highest BCUT2D eigenvalue weighted by atomic mass is 16.5. The molecule has 4 aromatic rings. The number of benzene rings is 2. The first kappa shape index (κ1) is 25.3. The molecule has 7 nitrogen and oxygen atoms in total.